The van der Waals surface area contributed by atoms with E-state index in [-0.39, 0.29) is 54.0 Å². The molecular formula is C15H25N7O5S. The van der Waals surface area contributed by atoms with E-state index < -0.39 is 0 Å². The van der Waals surface area contributed by atoms with Crippen molar-refractivity contribution in [2.24, 2.45) is 10.6 Å². The number of unbranched alkanes of at least 4 members (excludes halogenated alkanes) is 1. The first-order valence-electron chi connectivity index (χ1n) is 8.86. The first-order valence-corrected chi connectivity index (χ1v) is 9.91. The second-order valence-corrected chi connectivity index (χ2v) is 7.72. The third-order valence-electron chi connectivity index (χ3n) is 4.58. The maximum atomic E-state index is 11.4. The van der Waals surface area contributed by atoms with E-state index in [1.807, 2.05) is 5.43 Å². The number of nitroso groups, excluding NO2 is 2. The third kappa shape index (κ3) is 5.48. The van der Waals surface area contributed by atoms with Gasteiger partial charge in [-0.15, -0.1) is 9.81 Å². The number of hydrogen-bond acceptors (Lipinski definition) is 9. The maximum absolute atomic E-state index is 11.4. The second kappa shape index (κ2) is 10.7. The number of likely N-dealkylation sites (N-methyl/N-ethyl adjacent to an activating group) is 1. The number of carbonyl (C=O) groups is 1. The fourth-order valence-corrected chi connectivity index (χ4v) is 4.83. The summed E-state index contributed by atoms with van der Waals surface area (Å²) in [5, 5.41) is 34.1. The van der Waals surface area contributed by atoms with Crippen LogP contribution < -0.4 is 26.8 Å². The number of allylic oxidation sites excluding steroid dienone is 1. The molecule has 0 unspecified atom stereocenters. The predicted octanol–water partition coefficient (Wildman–Crippen LogP) is 1.01. The molecule has 2 fully saturated rings. The van der Waals surface area contributed by atoms with Gasteiger partial charge in [0.1, 0.15) is 22.9 Å². The van der Waals surface area contributed by atoms with Gasteiger partial charge in [0.2, 0.25) is 0 Å². The van der Waals surface area contributed by atoms with Crippen LogP contribution in [-0.4, -0.2) is 52.9 Å². The SMILES string of the molecule is CNCC(O)=C(NN=O)C(NN=O)=C(O)CCCC[C@@H]1SC[C@@H]2NC(=O)N[C@@H]21. The van der Waals surface area contributed by atoms with Crippen molar-refractivity contribution in [3.8, 4) is 0 Å². The van der Waals surface area contributed by atoms with Crippen molar-refractivity contribution < 1.29 is 15.0 Å². The topological polar surface area (TPSA) is 177 Å². The molecule has 0 spiro atoms. The Morgan fingerprint density at radius 3 is 2.46 bits per heavy atom. The number of aliphatic hydroxyl groups excluding tert-OH is 2. The molecule has 28 heavy (non-hydrogen) atoms. The number of urea groups is 1. The summed E-state index contributed by atoms with van der Waals surface area (Å²) in [4.78, 5) is 32.6. The Hall–Kier alpha value is -2.54. The molecular weight excluding hydrogens is 390 g/mol. The highest BCUT2D eigenvalue weighted by atomic mass is 32.2. The van der Waals surface area contributed by atoms with Gasteiger partial charge in [0, 0.05) is 17.4 Å². The lowest BCUT2D eigenvalue weighted by molar-refractivity contribution is 0.247. The average molecular weight is 415 g/mol. The Morgan fingerprint density at radius 2 is 1.82 bits per heavy atom. The molecule has 2 amide bonds. The fourth-order valence-electron chi connectivity index (χ4n) is 3.28. The highest BCUT2D eigenvalue weighted by Gasteiger charge is 2.42. The molecule has 7 N–H and O–H groups in total. The number of nitrogens with one attached hydrogen (secondary N) is 5. The van der Waals surface area contributed by atoms with Gasteiger partial charge in [-0.1, -0.05) is 6.42 Å². The first kappa shape index (κ1) is 21.8. The summed E-state index contributed by atoms with van der Waals surface area (Å²) >= 11 is 1.81. The Kier molecular flexibility index (Phi) is 8.32. The van der Waals surface area contributed by atoms with Crippen LogP contribution in [0.3, 0.4) is 0 Å². The molecule has 156 valence electrons. The van der Waals surface area contributed by atoms with Gasteiger partial charge in [-0.3, -0.25) is 0 Å². The number of rotatable bonds is 12. The second-order valence-electron chi connectivity index (χ2n) is 6.45. The standard InChI is InChI=1S/C15H25N7O5S/c1-16-6-10(24)14(20-22-27)13(19-21-26)9(23)4-2-3-5-11-12-8(7-28-11)17-15(25)18-12/h8,11-12,16,23-24H,2-7H2,1H3,(H,19,26)(H,20,27)(H2,17,18,25)/t8-,11-,12-/m0/s1. The summed E-state index contributed by atoms with van der Waals surface area (Å²) in [5.74, 6) is 0.320. The minimum Gasteiger partial charge on any atom is -0.510 e. The zero-order valence-corrected chi connectivity index (χ0v) is 16.2. The van der Waals surface area contributed by atoms with Gasteiger partial charge in [-0.25, -0.2) is 15.6 Å². The Balaban J connectivity index is 1.94. The third-order valence-corrected chi connectivity index (χ3v) is 6.09. The fraction of sp³-hybridized carbons (Fsp3) is 0.667. The Labute approximate surface area is 165 Å². The molecule has 0 aromatic heterocycles. The van der Waals surface area contributed by atoms with Gasteiger partial charge >= 0.3 is 6.03 Å². The lowest BCUT2D eigenvalue weighted by Gasteiger charge is -2.17. The molecule has 2 saturated heterocycles. The van der Waals surface area contributed by atoms with E-state index in [1.165, 1.54) is 0 Å². The molecule has 0 aromatic carbocycles. The largest absolute Gasteiger partial charge is 0.510 e. The Bertz CT molecular complexity index is 657. The highest BCUT2D eigenvalue weighted by Crippen LogP contribution is 2.33. The van der Waals surface area contributed by atoms with Crippen LogP contribution in [0, 0.1) is 9.81 Å². The molecule has 2 heterocycles. The molecule has 2 aliphatic heterocycles. The van der Waals surface area contributed by atoms with Crippen LogP contribution in [0.5, 0.6) is 0 Å². The number of nitrogens with zero attached hydrogens (tertiary/aromatic N) is 2. The number of carbonyl (C=O) groups excluding carboxylic acids is 1. The summed E-state index contributed by atoms with van der Waals surface area (Å²) in [6.45, 7) is -0.0175. The van der Waals surface area contributed by atoms with Crippen molar-refractivity contribution in [1.29, 1.82) is 0 Å². The van der Waals surface area contributed by atoms with Gasteiger partial charge in [0.15, 0.2) is 0 Å². The molecule has 0 bridgehead atoms. The number of hydrogen-bond donors (Lipinski definition) is 7. The molecule has 0 aromatic rings. The van der Waals surface area contributed by atoms with Gasteiger partial charge < -0.3 is 26.2 Å². The molecule has 2 aliphatic rings. The highest BCUT2D eigenvalue weighted by molar-refractivity contribution is 8.00. The first-order chi connectivity index (χ1) is 13.5. The van der Waals surface area contributed by atoms with E-state index in [0.29, 0.717) is 11.7 Å². The van der Waals surface area contributed by atoms with Crippen LogP contribution in [0.15, 0.2) is 33.5 Å². The monoisotopic (exact) mass is 415 g/mol. The van der Waals surface area contributed by atoms with Crippen LogP contribution in [0.4, 0.5) is 4.79 Å². The predicted molar refractivity (Wildman–Crippen MR) is 105 cm³/mol. The molecule has 0 saturated carbocycles. The van der Waals surface area contributed by atoms with Crippen molar-refractivity contribution in [3.05, 3.63) is 32.7 Å². The molecule has 13 heteroatoms. The van der Waals surface area contributed by atoms with Gasteiger partial charge in [-0.05, 0) is 19.9 Å². The van der Waals surface area contributed by atoms with Crippen LogP contribution in [-0.2, 0) is 0 Å². The van der Waals surface area contributed by atoms with Crippen LogP contribution in [0.1, 0.15) is 25.7 Å². The summed E-state index contributed by atoms with van der Waals surface area (Å²) < 4.78 is 0. The van der Waals surface area contributed by atoms with E-state index in [2.05, 4.69) is 31.9 Å². The molecule has 12 nitrogen and oxygen atoms in total. The smallest absolute Gasteiger partial charge is 0.315 e. The van der Waals surface area contributed by atoms with Gasteiger partial charge in [-0.2, -0.15) is 11.8 Å². The summed E-state index contributed by atoms with van der Waals surface area (Å²) in [6, 6.07) is 0.152. The quantitative estimate of drug-likeness (QED) is 0.0612. The Morgan fingerprint density at radius 1 is 1.14 bits per heavy atom. The maximum Gasteiger partial charge on any atom is 0.315 e. The van der Waals surface area contributed by atoms with E-state index >= 15 is 0 Å². The summed E-state index contributed by atoms with van der Waals surface area (Å²) in [7, 11) is 1.57. The number of fused-ring (bicyclic) bond motifs is 1. The molecule has 3 atom stereocenters. The zero-order chi connectivity index (χ0) is 20.5. The number of amides is 2. The van der Waals surface area contributed by atoms with Crippen molar-refractivity contribution in [2.75, 3.05) is 19.3 Å². The zero-order valence-electron chi connectivity index (χ0n) is 15.4. The van der Waals surface area contributed by atoms with E-state index in [9.17, 15) is 24.8 Å². The molecule has 2 rings (SSSR count). The molecule has 0 radical (unpaired) electrons. The van der Waals surface area contributed by atoms with E-state index in [0.717, 1.165) is 18.6 Å². The summed E-state index contributed by atoms with van der Waals surface area (Å²) in [6.07, 6.45) is 2.44. The number of thioether (sulfide) groups is 1. The minimum atomic E-state index is -0.322. The van der Waals surface area contributed by atoms with Crippen LogP contribution >= 0.6 is 11.8 Å². The van der Waals surface area contributed by atoms with E-state index in [4.69, 9.17) is 0 Å². The van der Waals surface area contributed by atoms with Gasteiger partial charge in [0.25, 0.3) is 0 Å². The van der Waals surface area contributed by atoms with Crippen molar-refractivity contribution in [1.82, 2.24) is 26.8 Å². The van der Waals surface area contributed by atoms with Crippen LogP contribution in [0.25, 0.3) is 0 Å². The normalized spacial score (nSPS) is 25.0. The minimum absolute atomic E-state index is 0.0175. The van der Waals surface area contributed by atoms with E-state index in [1.54, 1.807) is 18.8 Å². The van der Waals surface area contributed by atoms with Crippen molar-refractivity contribution in [3.63, 3.8) is 0 Å². The number of aliphatic hydroxyl groups is 2. The van der Waals surface area contributed by atoms with Crippen LogP contribution in [0.2, 0.25) is 0 Å². The van der Waals surface area contributed by atoms with Crippen molar-refractivity contribution in [2.45, 2.75) is 43.0 Å². The lowest BCUT2D eigenvalue weighted by atomic mass is 10.0. The average Bonchev–Trinajstić information content (AvgIpc) is 3.21. The van der Waals surface area contributed by atoms with Gasteiger partial charge in [0.05, 0.1) is 29.2 Å². The van der Waals surface area contributed by atoms with Crippen molar-refractivity contribution >= 4 is 17.8 Å². The summed E-state index contributed by atoms with van der Waals surface area (Å²) in [5.41, 5.74) is 3.65. The lowest BCUT2D eigenvalue weighted by Crippen LogP contribution is -2.36. The molecule has 0 aliphatic carbocycles.